The van der Waals surface area contributed by atoms with Gasteiger partial charge in [0.2, 0.25) is 0 Å². The van der Waals surface area contributed by atoms with Crippen molar-refractivity contribution in [2.24, 2.45) is 11.5 Å². The molecule has 0 aromatic carbocycles. The van der Waals surface area contributed by atoms with Gasteiger partial charge in [0.25, 0.3) is 0 Å². The van der Waals surface area contributed by atoms with E-state index in [1.165, 1.54) is 0 Å². The molecule has 0 aliphatic carbocycles. The molecule has 2 unspecified atom stereocenters. The minimum absolute atomic E-state index is 0.0385. The van der Waals surface area contributed by atoms with Crippen LogP contribution in [-0.2, 0) is 4.79 Å². The van der Waals surface area contributed by atoms with Crippen molar-refractivity contribution in [2.75, 3.05) is 6.54 Å². The first-order valence-corrected chi connectivity index (χ1v) is 3.51. The zero-order chi connectivity index (χ0) is 7.28. The fraction of sp³-hybridized carbons (Fsp3) is 0.800. The van der Waals surface area contributed by atoms with E-state index in [0.29, 0.717) is 13.0 Å². The Morgan fingerprint density at radius 2 is 2.22 bits per heavy atom. The maximum absolute atomic E-state index is 10.4. The van der Waals surface area contributed by atoms with Crippen molar-refractivity contribution in [1.29, 1.82) is 0 Å². The lowest BCUT2D eigenvalue weighted by molar-refractivity contribution is -0.112. The van der Waals surface area contributed by atoms with Gasteiger partial charge < -0.3 is 11.5 Å². The van der Waals surface area contributed by atoms with Crippen molar-refractivity contribution < 1.29 is 4.79 Å². The van der Waals surface area contributed by atoms with E-state index in [0.717, 1.165) is 6.42 Å². The Balaban J connectivity index is 3.27. The Kier molecular flexibility index (Phi) is 4.87. The molecule has 0 fully saturated rings. The number of nitrogens with two attached hydrogens (primary N) is 2. The van der Waals surface area contributed by atoms with Crippen molar-refractivity contribution in [1.82, 2.24) is 0 Å². The van der Waals surface area contributed by atoms with Crippen LogP contribution in [0.5, 0.6) is 0 Å². The van der Waals surface area contributed by atoms with E-state index in [-0.39, 0.29) is 11.6 Å². The highest BCUT2D eigenvalue weighted by Crippen LogP contribution is 1.98. The quantitative estimate of drug-likeness (QED) is 0.526. The summed E-state index contributed by atoms with van der Waals surface area (Å²) in [4.78, 5) is 10.4. The summed E-state index contributed by atoms with van der Waals surface area (Å²) in [6.07, 6.45) is 1.51. The van der Waals surface area contributed by atoms with Crippen molar-refractivity contribution in [3.05, 3.63) is 0 Å². The van der Waals surface area contributed by atoms with E-state index in [2.05, 4.69) is 9.24 Å². The molecule has 0 radical (unpaired) electrons. The summed E-state index contributed by atoms with van der Waals surface area (Å²) >= 11 is 0. The van der Waals surface area contributed by atoms with Gasteiger partial charge in [0, 0.05) is 0 Å². The number of carbonyl (C=O) groups is 1. The van der Waals surface area contributed by atoms with Gasteiger partial charge in [-0.05, 0) is 19.4 Å². The van der Waals surface area contributed by atoms with E-state index < -0.39 is 0 Å². The van der Waals surface area contributed by atoms with Crippen LogP contribution in [0, 0.1) is 0 Å². The summed E-state index contributed by atoms with van der Waals surface area (Å²) < 4.78 is 0. The number of hydrogen-bond donors (Lipinski definition) is 2. The second-order valence-corrected chi connectivity index (χ2v) is 2.51. The summed E-state index contributed by atoms with van der Waals surface area (Å²) in [6, 6.07) is -0.335. The molecule has 0 rings (SSSR count). The van der Waals surface area contributed by atoms with Crippen molar-refractivity contribution >= 4 is 14.8 Å². The lowest BCUT2D eigenvalue weighted by atomic mass is 10.2. The molecule has 0 amide bonds. The molecule has 0 aliphatic rings. The van der Waals surface area contributed by atoms with Gasteiger partial charge in [0.1, 0.15) is 0 Å². The van der Waals surface area contributed by atoms with Gasteiger partial charge in [0.15, 0.2) is 5.52 Å². The summed E-state index contributed by atoms with van der Waals surface area (Å²) in [6.45, 7) is 0.603. The Morgan fingerprint density at radius 3 is 2.56 bits per heavy atom. The van der Waals surface area contributed by atoms with Gasteiger partial charge in [-0.1, -0.05) is 9.24 Å². The third-order valence-electron chi connectivity index (χ3n) is 1.08. The smallest absolute Gasteiger partial charge is 0.164 e. The Labute approximate surface area is 57.4 Å². The fourth-order valence-corrected chi connectivity index (χ4v) is 0.647. The van der Waals surface area contributed by atoms with Gasteiger partial charge in [0.05, 0.1) is 6.04 Å². The molecule has 4 heteroatoms. The van der Waals surface area contributed by atoms with Gasteiger partial charge in [-0.2, -0.15) is 0 Å². The van der Waals surface area contributed by atoms with Crippen molar-refractivity contribution in [3.8, 4) is 0 Å². The van der Waals surface area contributed by atoms with Crippen LogP contribution in [0.1, 0.15) is 12.8 Å². The lowest BCUT2D eigenvalue weighted by Gasteiger charge is -2.03. The first-order valence-electron chi connectivity index (χ1n) is 2.93. The normalized spacial score (nSPS) is 13.2. The molecule has 0 spiro atoms. The average molecular weight is 148 g/mol. The highest BCUT2D eigenvalue weighted by atomic mass is 31.0. The first-order chi connectivity index (χ1) is 4.18. The Morgan fingerprint density at radius 1 is 1.67 bits per heavy atom. The molecule has 0 saturated heterocycles. The van der Waals surface area contributed by atoms with Crippen LogP contribution in [0.25, 0.3) is 0 Å². The fourth-order valence-electron chi connectivity index (χ4n) is 0.480. The van der Waals surface area contributed by atoms with Gasteiger partial charge >= 0.3 is 0 Å². The van der Waals surface area contributed by atoms with Crippen LogP contribution < -0.4 is 11.5 Å². The molecule has 3 nitrogen and oxygen atoms in total. The zero-order valence-electron chi connectivity index (χ0n) is 5.34. The molecule has 9 heavy (non-hydrogen) atoms. The number of rotatable bonds is 4. The van der Waals surface area contributed by atoms with Gasteiger partial charge in [-0.3, -0.25) is 4.79 Å². The summed E-state index contributed by atoms with van der Waals surface area (Å²) in [5.74, 6) is 0. The van der Waals surface area contributed by atoms with Crippen LogP contribution in [-0.4, -0.2) is 18.1 Å². The topological polar surface area (TPSA) is 69.1 Å². The Bertz CT molecular complexity index is 97.0. The third-order valence-corrected chi connectivity index (χ3v) is 1.51. The average Bonchev–Trinajstić information content (AvgIpc) is 1.82. The molecule has 2 atom stereocenters. The highest BCUT2D eigenvalue weighted by Gasteiger charge is 2.05. The zero-order valence-corrected chi connectivity index (χ0v) is 6.49. The van der Waals surface area contributed by atoms with E-state index >= 15 is 0 Å². The molecule has 0 aromatic heterocycles. The number of hydrogen-bond acceptors (Lipinski definition) is 3. The Hall–Kier alpha value is 0.0200. The van der Waals surface area contributed by atoms with Crippen LogP contribution >= 0.6 is 9.24 Å². The second-order valence-electron chi connectivity index (χ2n) is 1.94. The predicted molar refractivity (Wildman–Crippen MR) is 41.0 cm³/mol. The largest absolute Gasteiger partial charge is 0.330 e. The van der Waals surface area contributed by atoms with E-state index in [4.69, 9.17) is 11.5 Å². The molecule has 0 heterocycles. The van der Waals surface area contributed by atoms with E-state index in [9.17, 15) is 4.79 Å². The number of carbonyl (C=O) groups excluding carboxylic acids is 1. The minimum atomic E-state index is -0.335. The monoisotopic (exact) mass is 148 g/mol. The molecular weight excluding hydrogens is 135 g/mol. The second kappa shape index (κ2) is 4.86. The summed E-state index contributed by atoms with van der Waals surface area (Å²) in [5.41, 5.74) is 10.5. The molecule has 4 N–H and O–H groups in total. The van der Waals surface area contributed by atoms with Crippen LogP contribution in [0.3, 0.4) is 0 Å². The first kappa shape index (κ1) is 9.02. The van der Waals surface area contributed by atoms with Crippen molar-refractivity contribution in [3.63, 3.8) is 0 Å². The van der Waals surface area contributed by atoms with E-state index in [1.807, 2.05) is 0 Å². The maximum atomic E-state index is 10.4. The molecule has 0 bridgehead atoms. The standard InChI is InChI=1S/C5H13N2OP/c6-3-1-2-4(7)5(8)9/h4H,1-3,6-7,9H2. The van der Waals surface area contributed by atoms with Crippen LogP contribution in [0.4, 0.5) is 0 Å². The molecule has 0 saturated carbocycles. The SMILES string of the molecule is NCCCC(N)C(=O)P. The van der Waals surface area contributed by atoms with Crippen molar-refractivity contribution in [2.45, 2.75) is 18.9 Å². The maximum Gasteiger partial charge on any atom is 0.164 e. The van der Waals surface area contributed by atoms with Crippen LogP contribution in [0.15, 0.2) is 0 Å². The summed E-state index contributed by atoms with van der Waals surface area (Å²) in [7, 11) is 2.06. The molecule has 54 valence electrons. The van der Waals surface area contributed by atoms with Gasteiger partial charge in [-0.15, -0.1) is 0 Å². The third kappa shape index (κ3) is 4.52. The molecule has 0 aromatic rings. The van der Waals surface area contributed by atoms with Gasteiger partial charge in [-0.25, -0.2) is 0 Å². The molecular formula is C5H13N2OP. The lowest BCUT2D eigenvalue weighted by Crippen LogP contribution is -2.26. The highest BCUT2D eigenvalue weighted by molar-refractivity contribution is 7.40. The molecule has 0 aliphatic heterocycles. The summed E-state index contributed by atoms with van der Waals surface area (Å²) in [5, 5.41) is 0. The predicted octanol–water partition coefficient (Wildman–Crippen LogP) is -0.546. The van der Waals surface area contributed by atoms with E-state index in [1.54, 1.807) is 0 Å². The van der Waals surface area contributed by atoms with Crippen LogP contribution in [0.2, 0.25) is 0 Å². The minimum Gasteiger partial charge on any atom is -0.330 e.